The van der Waals surface area contributed by atoms with Crippen LogP contribution in [0.3, 0.4) is 0 Å². The lowest BCUT2D eigenvalue weighted by Gasteiger charge is -2.18. The Morgan fingerprint density at radius 2 is 1.86 bits per heavy atom. The zero-order valence-corrected chi connectivity index (χ0v) is 9.30. The number of hydrogen-bond donors (Lipinski definition) is 1. The summed E-state index contributed by atoms with van der Waals surface area (Å²) in [6, 6.07) is 7.62. The molecule has 0 aromatic heterocycles. The predicted molar refractivity (Wildman–Crippen MR) is 60.7 cm³/mol. The van der Waals surface area contributed by atoms with Gasteiger partial charge in [-0.05, 0) is 18.1 Å². The molecular formula is C10H13Cl2NO. The lowest BCUT2D eigenvalue weighted by atomic mass is 10.1. The molecule has 1 aromatic rings. The summed E-state index contributed by atoms with van der Waals surface area (Å²) < 4.78 is 0. The molecule has 0 aliphatic heterocycles. The second-order valence-corrected chi connectivity index (χ2v) is 3.64. The van der Waals surface area contributed by atoms with Gasteiger partial charge in [-0.2, -0.15) is 0 Å². The number of rotatable bonds is 5. The van der Waals surface area contributed by atoms with Gasteiger partial charge in [-0.1, -0.05) is 18.2 Å². The van der Waals surface area contributed by atoms with E-state index in [0.29, 0.717) is 18.3 Å². The second kappa shape index (κ2) is 6.12. The average molecular weight is 234 g/mol. The van der Waals surface area contributed by atoms with Crippen molar-refractivity contribution in [3.05, 3.63) is 29.8 Å². The molecule has 14 heavy (non-hydrogen) atoms. The zero-order valence-electron chi connectivity index (χ0n) is 7.79. The van der Waals surface area contributed by atoms with Crippen molar-refractivity contribution in [1.82, 2.24) is 0 Å². The van der Waals surface area contributed by atoms with Crippen LogP contribution in [-0.4, -0.2) is 23.5 Å². The van der Waals surface area contributed by atoms with Crippen molar-refractivity contribution in [2.75, 3.05) is 23.4 Å². The normalized spacial score (nSPS) is 10.2. The van der Waals surface area contributed by atoms with E-state index in [1.165, 1.54) is 0 Å². The molecule has 0 unspecified atom stereocenters. The molecule has 0 saturated carbocycles. The van der Waals surface area contributed by atoms with E-state index in [1.54, 1.807) is 0 Å². The monoisotopic (exact) mass is 233 g/mol. The van der Waals surface area contributed by atoms with E-state index in [9.17, 15) is 5.21 Å². The highest BCUT2D eigenvalue weighted by molar-refractivity contribution is 6.18. The van der Waals surface area contributed by atoms with Gasteiger partial charge in [0.15, 0.2) is 0 Å². The summed E-state index contributed by atoms with van der Waals surface area (Å²) in [7, 11) is 0. The molecule has 1 aromatic carbocycles. The maximum Gasteiger partial charge on any atom is 0.0666 e. The minimum Gasteiger partial charge on any atom is -0.288 e. The van der Waals surface area contributed by atoms with Crippen molar-refractivity contribution >= 4 is 28.9 Å². The minimum absolute atomic E-state index is 0.395. The van der Waals surface area contributed by atoms with E-state index < -0.39 is 0 Å². The van der Waals surface area contributed by atoms with Crippen molar-refractivity contribution in [2.45, 2.75) is 6.42 Å². The molecule has 0 spiro atoms. The topological polar surface area (TPSA) is 23.5 Å². The van der Waals surface area contributed by atoms with Crippen molar-refractivity contribution < 1.29 is 5.21 Å². The Morgan fingerprint density at radius 3 is 2.50 bits per heavy atom. The first-order valence-corrected chi connectivity index (χ1v) is 5.52. The number of hydrogen-bond acceptors (Lipinski definition) is 2. The first kappa shape index (κ1) is 11.6. The fraction of sp³-hybridized carbons (Fsp3) is 0.400. The van der Waals surface area contributed by atoms with E-state index in [1.807, 2.05) is 24.3 Å². The number of halogens is 2. The van der Waals surface area contributed by atoms with E-state index >= 15 is 0 Å². The van der Waals surface area contributed by atoms with Gasteiger partial charge in [0.2, 0.25) is 0 Å². The molecule has 2 nitrogen and oxygen atoms in total. The lowest BCUT2D eigenvalue weighted by molar-refractivity contribution is 0.260. The smallest absolute Gasteiger partial charge is 0.0666 e. The van der Waals surface area contributed by atoms with Crippen molar-refractivity contribution in [3.8, 4) is 0 Å². The summed E-state index contributed by atoms with van der Waals surface area (Å²) in [6.07, 6.45) is 0.747. The predicted octanol–water partition coefficient (Wildman–Crippen LogP) is 2.90. The maximum atomic E-state index is 9.63. The summed E-state index contributed by atoms with van der Waals surface area (Å²) in [5.74, 6) is 0.942. The molecule has 0 amide bonds. The van der Waals surface area contributed by atoms with E-state index in [4.69, 9.17) is 23.2 Å². The van der Waals surface area contributed by atoms with Crippen LogP contribution in [-0.2, 0) is 6.42 Å². The fourth-order valence-electron chi connectivity index (χ4n) is 1.28. The molecule has 0 aliphatic rings. The number of hydroxylamine groups is 1. The van der Waals surface area contributed by atoms with Crippen LogP contribution in [0.25, 0.3) is 0 Å². The summed E-state index contributed by atoms with van der Waals surface area (Å²) in [5.41, 5.74) is 1.82. The standard InChI is InChI=1S/C10H13Cl2NO/c11-6-5-9-3-1-2-4-10(9)13(14)8-7-12/h1-4,14H,5-8H2. The van der Waals surface area contributed by atoms with Gasteiger partial charge >= 0.3 is 0 Å². The van der Waals surface area contributed by atoms with Crippen LogP contribution >= 0.6 is 23.2 Å². The molecule has 1 rings (SSSR count). The van der Waals surface area contributed by atoms with Crippen LogP contribution in [0.2, 0.25) is 0 Å². The number of aryl methyl sites for hydroxylation is 1. The molecule has 0 saturated heterocycles. The molecule has 0 radical (unpaired) electrons. The summed E-state index contributed by atoms with van der Waals surface area (Å²) >= 11 is 11.2. The molecule has 0 atom stereocenters. The van der Waals surface area contributed by atoms with Crippen LogP contribution in [0.4, 0.5) is 5.69 Å². The van der Waals surface area contributed by atoms with Gasteiger partial charge in [-0.15, -0.1) is 23.2 Å². The highest BCUT2D eigenvalue weighted by atomic mass is 35.5. The number of para-hydroxylation sites is 1. The van der Waals surface area contributed by atoms with Gasteiger partial charge in [0.1, 0.15) is 0 Å². The number of nitrogens with zero attached hydrogens (tertiary/aromatic N) is 1. The maximum absolute atomic E-state index is 9.63. The van der Waals surface area contributed by atoms with Crippen LogP contribution in [0.5, 0.6) is 0 Å². The summed E-state index contributed by atoms with van der Waals surface area (Å²) in [6.45, 7) is 0.418. The Bertz CT molecular complexity index is 281. The van der Waals surface area contributed by atoms with Crippen molar-refractivity contribution in [3.63, 3.8) is 0 Å². The van der Waals surface area contributed by atoms with Gasteiger partial charge in [0.05, 0.1) is 12.2 Å². The SMILES string of the molecule is ON(CCCl)c1ccccc1CCCl. The van der Waals surface area contributed by atoms with Crippen LogP contribution in [0, 0.1) is 0 Å². The molecule has 1 N–H and O–H groups in total. The number of alkyl halides is 2. The van der Waals surface area contributed by atoms with Crippen LogP contribution in [0.15, 0.2) is 24.3 Å². The Hall–Kier alpha value is -0.440. The first-order chi connectivity index (χ1) is 6.79. The third-order valence-electron chi connectivity index (χ3n) is 1.93. The Kier molecular flexibility index (Phi) is 5.09. The van der Waals surface area contributed by atoms with Gasteiger partial charge in [-0.3, -0.25) is 10.3 Å². The largest absolute Gasteiger partial charge is 0.288 e. The Balaban J connectivity index is 2.82. The van der Waals surface area contributed by atoms with Gasteiger partial charge in [0.25, 0.3) is 0 Å². The highest BCUT2D eigenvalue weighted by Crippen LogP contribution is 2.19. The van der Waals surface area contributed by atoms with Gasteiger partial charge in [-0.25, -0.2) is 0 Å². The molecule has 4 heteroatoms. The van der Waals surface area contributed by atoms with E-state index in [-0.39, 0.29) is 0 Å². The Labute approximate surface area is 94.0 Å². The quantitative estimate of drug-likeness (QED) is 0.625. The second-order valence-electron chi connectivity index (χ2n) is 2.88. The third-order valence-corrected chi connectivity index (χ3v) is 2.29. The molecule has 0 aliphatic carbocycles. The van der Waals surface area contributed by atoms with Crippen molar-refractivity contribution in [1.29, 1.82) is 0 Å². The minimum atomic E-state index is 0.395. The molecule has 78 valence electrons. The fourth-order valence-corrected chi connectivity index (χ4v) is 1.64. The molecule has 0 fully saturated rings. The highest BCUT2D eigenvalue weighted by Gasteiger charge is 2.06. The zero-order chi connectivity index (χ0) is 10.4. The lowest BCUT2D eigenvalue weighted by Crippen LogP contribution is -2.21. The average Bonchev–Trinajstić information content (AvgIpc) is 2.19. The van der Waals surface area contributed by atoms with Gasteiger partial charge < -0.3 is 0 Å². The van der Waals surface area contributed by atoms with Crippen molar-refractivity contribution in [2.24, 2.45) is 0 Å². The molecular weight excluding hydrogens is 221 g/mol. The van der Waals surface area contributed by atoms with Gasteiger partial charge in [0, 0.05) is 11.8 Å². The summed E-state index contributed by atoms with van der Waals surface area (Å²) in [5, 5.41) is 10.8. The number of anilines is 1. The third kappa shape index (κ3) is 3.05. The van der Waals surface area contributed by atoms with E-state index in [2.05, 4.69) is 0 Å². The van der Waals surface area contributed by atoms with Crippen LogP contribution in [0.1, 0.15) is 5.56 Å². The van der Waals surface area contributed by atoms with E-state index in [0.717, 1.165) is 22.7 Å². The molecule has 0 bridgehead atoms. The first-order valence-electron chi connectivity index (χ1n) is 4.46. The number of benzene rings is 1. The van der Waals surface area contributed by atoms with Crippen LogP contribution < -0.4 is 5.06 Å². The Morgan fingerprint density at radius 1 is 1.14 bits per heavy atom. The molecule has 0 heterocycles. The summed E-state index contributed by atoms with van der Waals surface area (Å²) in [4.78, 5) is 0.